The second-order valence-corrected chi connectivity index (χ2v) is 5.27. The number of hydrogen-bond donors (Lipinski definition) is 0. The summed E-state index contributed by atoms with van der Waals surface area (Å²) < 4.78 is 1.87. The first-order chi connectivity index (χ1) is 10.6. The van der Waals surface area contributed by atoms with E-state index in [2.05, 4.69) is 27.0 Å². The van der Waals surface area contributed by atoms with Crippen molar-refractivity contribution in [2.24, 2.45) is 0 Å². The van der Waals surface area contributed by atoms with Crippen molar-refractivity contribution in [2.75, 3.05) is 0 Å². The minimum atomic E-state index is 0.670. The van der Waals surface area contributed by atoms with Crippen LogP contribution >= 0.6 is 11.6 Å². The van der Waals surface area contributed by atoms with E-state index in [1.807, 2.05) is 61.0 Å². The number of hydrogen-bond acceptors (Lipinski definition) is 3. The fraction of sp³-hybridized carbons (Fsp3) is 0.118. The lowest BCUT2D eigenvalue weighted by molar-refractivity contribution is 0.865. The minimum absolute atomic E-state index is 0.670. The molecule has 0 aliphatic heterocycles. The molecule has 0 bridgehead atoms. The Kier molecular flexibility index (Phi) is 3.90. The van der Waals surface area contributed by atoms with Crippen LogP contribution in [-0.2, 0) is 0 Å². The summed E-state index contributed by atoms with van der Waals surface area (Å²) in [5, 5.41) is 8.89. The zero-order valence-corrected chi connectivity index (χ0v) is 13.0. The number of nitrogens with zero attached hydrogens (tertiary/aromatic N) is 4. The summed E-state index contributed by atoms with van der Waals surface area (Å²) >= 11 is 5.95. The first-order valence-electron chi connectivity index (χ1n) is 6.76. The van der Waals surface area contributed by atoms with Crippen molar-refractivity contribution in [3.8, 4) is 17.7 Å². The summed E-state index contributed by atoms with van der Waals surface area (Å²) in [4.78, 5) is 4.44. The van der Waals surface area contributed by atoms with Gasteiger partial charge >= 0.3 is 0 Å². The van der Waals surface area contributed by atoms with Crippen molar-refractivity contribution in [1.82, 2.24) is 19.7 Å². The van der Waals surface area contributed by atoms with Gasteiger partial charge in [-0.2, -0.15) is 5.10 Å². The molecule has 3 rings (SSSR count). The van der Waals surface area contributed by atoms with E-state index in [1.165, 1.54) is 0 Å². The SMILES string of the molecule is Cc1ccc(-n2cc(C#Cc3cccc(Cl)c3)nc2C)nn1. The number of aromatic nitrogens is 4. The Balaban J connectivity index is 1.91. The zero-order valence-electron chi connectivity index (χ0n) is 12.2. The summed E-state index contributed by atoms with van der Waals surface area (Å²) in [6.07, 6.45) is 1.85. The summed E-state index contributed by atoms with van der Waals surface area (Å²) in [5.41, 5.74) is 2.41. The van der Waals surface area contributed by atoms with E-state index in [0.29, 0.717) is 10.7 Å². The predicted molar refractivity (Wildman–Crippen MR) is 86.1 cm³/mol. The minimum Gasteiger partial charge on any atom is -0.285 e. The van der Waals surface area contributed by atoms with Crippen molar-refractivity contribution in [3.05, 3.63) is 70.4 Å². The van der Waals surface area contributed by atoms with Gasteiger partial charge in [0.25, 0.3) is 0 Å². The maximum atomic E-state index is 5.95. The van der Waals surface area contributed by atoms with Crippen LogP contribution in [0.15, 0.2) is 42.6 Å². The van der Waals surface area contributed by atoms with Gasteiger partial charge in [0, 0.05) is 16.8 Å². The molecule has 0 unspecified atom stereocenters. The lowest BCUT2D eigenvalue weighted by Gasteiger charge is -2.01. The largest absolute Gasteiger partial charge is 0.285 e. The molecule has 0 fully saturated rings. The molecule has 0 N–H and O–H groups in total. The van der Waals surface area contributed by atoms with E-state index in [4.69, 9.17) is 11.6 Å². The maximum absolute atomic E-state index is 5.95. The predicted octanol–water partition coefficient (Wildman–Crippen LogP) is 3.33. The van der Waals surface area contributed by atoms with Crippen LogP contribution in [0.25, 0.3) is 5.82 Å². The third-order valence-corrected chi connectivity index (χ3v) is 3.31. The third kappa shape index (κ3) is 3.16. The van der Waals surface area contributed by atoms with Gasteiger partial charge in [0.2, 0.25) is 0 Å². The van der Waals surface area contributed by atoms with Gasteiger partial charge in [-0.15, -0.1) is 5.10 Å². The van der Waals surface area contributed by atoms with E-state index in [-0.39, 0.29) is 0 Å². The molecule has 0 spiro atoms. The zero-order chi connectivity index (χ0) is 15.5. The van der Waals surface area contributed by atoms with Gasteiger partial charge in [-0.25, -0.2) is 4.98 Å². The Hall–Kier alpha value is -2.64. The van der Waals surface area contributed by atoms with Gasteiger partial charge in [-0.3, -0.25) is 4.57 Å². The highest BCUT2D eigenvalue weighted by atomic mass is 35.5. The van der Waals surface area contributed by atoms with Crippen molar-refractivity contribution < 1.29 is 0 Å². The molecule has 0 saturated heterocycles. The van der Waals surface area contributed by atoms with E-state index in [1.54, 1.807) is 0 Å². The highest BCUT2D eigenvalue weighted by Crippen LogP contribution is 2.11. The fourth-order valence-electron chi connectivity index (χ4n) is 1.99. The Bertz CT molecular complexity index is 870. The number of benzene rings is 1. The monoisotopic (exact) mass is 308 g/mol. The molecule has 2 heterocycles. The summed E-state index contributed by atoms with van der Waals surface area (Å²) in [6, 6.07) is 11.3. The van der Waals surface area contributed by atoms with Crippen molar-refractivity contribution in [1.29, 1.82) is 0 Å². The molecule has 5 heteroatoms. The van der Waals surface area contributed by atoms with Crippen LogP contribution in [0.4, 0.5) is 0 Å². The molecule has 0 radical (unpaired) electrons. The Morgan fingerprint density at radius 1 is 1.05 bits per heavy atom. The first-order valence-corrected chi connectivity index (χ1v) is 7.14. The number of aryl methyl sites for hydroxylation is 2. The topological polar surface area (TPSA) is 43.6 Å². The van der Waals surface area contributed by atoms with Crippen LogP contribution in [-0.4, -0.2) is 19.7 Å². The molecule has 0 aliphatic carbocycles. The van der Waals surface area contributed by atoms with Crippen LogP contribution in [0.5, 0.6) is 0 Å². The van der Waals surface area contributed by atoms with Crippen LogP contribution in [0.3, 0.4) is 0 Å². The Labute approximate surface area is 133 Å². The van der Waals surface area contributed by atoms with Gasteiger partial charge in [0.05, 0.1) is 5.69 Å². The van der Waals surface area contributed by atoms with E-state index in [9.17, 15) is 0 Å². The molecule has 3 aromatic rings. The number of halogens is 1. The number of imidazole rings is 1. The average Bonchev–Trinajstić information content (AvgIpc) is 2.87. The van der Waals surface area contributed by atoms with Crippen LogP contribution < -0.4 is 0 Å². The average molecular weight is 309 g/mol. The molecule has 1 aromatic carbocycles. The lowest BCUT2D eigenvalue weighted by atomic mass is 10.2. The first kappa shape index (κ1) is 14.3. The highest BCUT2D eigenvalue weighted by molar-refractivity contribution is 6.30. The van der Waals surface area contributed by atoms with Gasteiger partial charge in [0.15, 0.2) is 5.82 Å². The lowest BCUT2D eigenvalue weighted by Crippen LogP contribution is -2.00. The fourth-order valence-corrected chi connectivity index (χ4v) is 2.18. The van der Waals surface area contributed by atoms with Gasteiger partial charge < -0.3 is 0 Å². The van der Waals surface area contributed by atoms with Gasteiger partial charge in [0.1, 0.15) is 11.5 Å². The van der Waals surface area contributed by atoms with Gasteiger partial charge in [-0.1, -0.05) is 23.6 Å². The van der Waals surface area contributed by atoms with Crippen molar-refractivity contribution in [2.45, 2.75) is 13.8 Å². The molecule has 2 aromatic heterocycles. The molecule has 108 valence electrons. The van der Waals surface area contributed by atoms with Crippen LogP contribution in [0.1, 0.15) is 22.8 Å². The summed E-state index contributed by atoms with van der Waals surface area (Å²) in [7, 11) is 0. The quantitative estimate of drug-likeness (QED) is 0.648. The van der Waals surface area contributed by atoms with Crippen LogP contribution in [0.2, 0.25) is 5.02 Å². The third-order valence-electron chi connectivity index (χ3n) is 3.07. The highest BCUT2D eigenvalue weighted by Gasteiger charge is 2.05. The second-order valence-electron chi connectivity index (χ2n) is 4.84. The normalized spacial score (nSPS) is 10.1. The Morgan fingerprint density at radius 2 is 1.91 bits per heavy atom. The van der Waals surface area contributed by atoms with Crippen molar-refractivity contribution >= 4 is 11.6 Å². The molecule has 4 nitrogen and oxygen atoms in total. The van der Waals surface area contributed by atoms with Gasteiger partial charge in [-0.05, 0) is 50.1 Å². The van der Waals surface area contributed by atoms with Crippen molar-refractivity contribution in [3.63, 3.8) is 0 Å². The number of rotatable bonds is 1. The van der Waals surface area contributed by atoms with Crippen LogP contribution in [0, 0.1) is 25.7 Å². The molecule has 0 amide bonds. The second kappa shape index (κ2) is 6.00. The molecule has 0 aliphatic rings. The molecule has 0 saturated carbocycles. The molecule has 22 heavy (non-hydrogen) atoms. The summed E-state index contributed by atoms with van der Waals surface area (Å²) in [5.74, 6) is 7.64. The standard InChI is InChI=1S/C17H13ClN4/c1-12-6-9-17(21-20-12)22-11-16(19-13(22)2)8-7-14-4-3-5-15(18)10-14/h3-6,9-11H,1-2H3. The Morgan fingerprint density at radius 3 is 2.64 bits per heavy atom. The smallest absolute Gasteiger partial charge is 0.160 e. The molecule has 0 atom stereocenters. The summed E-state index contributed by atoms with van der Waals surface area (Å²) in [6.45, 7) is 3.81. The maximum Gasteiger partial charge on any atom is 0.160 e. The van der Waals surface area contributed by atoms with E-state index >= 15 is 0 Å². The molecular formula is C17H13ClN4. The molecular weight excluding hydrogens is 296 g/mol. The van der Waals surface area contributed by atoms with E-state index in [0.717, 1.165) is 22.9 Å². The van der Waals surface area contributed by atoms with E-state index < -0.39 is 0 Å².